The van der Waals surface area contributed by atoms with Gasteiger partial charge in [0, 0.05) is 60.6 Å². The van der Waals surface area contributed by atoms with Gasteiger partial charge in [-0.05, 0) is 205 Å². The predicted octanol–water partition coefficient (Wildman–Crippen LogP) is 22.5. The molecular formula is C90H99BN4. The van der Waals surface area contributed by atoms with Crippen molar-refractivity contribution in [2.45, 2.75) is 209 Å². The van der Waals surface area contributed by atoms with Gasteiger partial charge in [-0.1, -0.05) is 251 Å². The first-order chi connectivity index (χ1) is 44.1. The summed E-state index contributed by atoms with van der Waals surface area (Å²) in [6, 6.07) is 65.3. The van der Waals surface area contributed by atoms with Crippen LogP contribution in [-0.4, -0.2) is 25.8 Å². The summed E-state index contributed by atoms with van der Waals surface area (Å²) in [5.41, 5.74) is 31.0. The molecule has 0 atom stereocenters. The molecule has 0 bridgehead atoms. The molecule has 0 unspecified atom stereocenters. The van der Waals surface area contributed by atoms with Crippen molar-refractivity contribution in [1.29, 1.82) is 0 Å². The molecule has 0 radical (unpaired) electrons. The average molecular weight is 1250 g/mol. The quantitative estimate of drug-likeness (QED) is 0.161. The van der Waals surface area contributed by atoms with E-state index in [1.165, 1.54) is 127 Å². The van der Waals surface area contributed by atoms with E-state index in [2.05, 4.69) is 339 Å². The summed E-state index contributed by atoms with van der Waals surface area (Å²) in [4.78, 5) is 11.8. The molecule has 4 nitrogen and oxygen atoms in total. The monoisotopic (exact) mass is 1250 g/mol. The fraction of sp³-hybridized carbons (Fsp3) is 0.356. The van der Waals surface area contributed by atoms with Crippen LogP contribution in [0.1, 0.15) is 211 Å². The molecule has 2 aliphatic rings. The van der Waals surface area contributed by atoms with Crippen LogP contribution in [0.5, 0.6) is 0 Å². The van der Waals surface area contributed by atoms with Crippen LogP contribution in [0, 0.1) is 0 Å². The molecular weight excluding hydrogens is 1150 g/mol. The van der Waals surface area contributed by atoms with Gasteiger partial charge in [0.2, 0.25) is 0 Å². The Balaban J connectivity index is 1.16. The van der Waals surface area contributed by atoms with Crippen molar-refractivity contribution in [3.8, 4) is 67.5 Å². The van der Waals surface area contributed by atoms with Gasteiger partial charge in [0.1, 0.15) is 0 Å². The fourth-order valence-electron chi connectivity index (χ4n) is 14.9. The van der Waals surface area contributed by atoms with Gasteiger partial charge in [-0.2, -0.15) is 0 Å². The molecule has 482 valence electrons. The van der Waals surface area contributed by atoms with Crippen molar-refractivity contribution in [2.24, 2.45) is 0 Å². The van der Waals surface area contributed by atoms with Gasteiger partial charge in [-0.15, -0.1) is 0 Å². The number of aromatic nitrogens is 4. The highest BCUT2D eigenvalue weighted by atomic mass is 15.0. The smallest absolute Gasteiger partial charge is 0.252 e. The summed E-state index contributed by atoms with van der Waals surface area (Å²) in [5.74, 6) is 0.704. The highest BCUT2D eigenvalue weighted by molar-refractivity contribution is 7.00. The van der Waals surface area contributed by atoms with Gasteiger partial charge in [0.25, 0.3) is 6.71 Å². The molecule has 0 aliphatic carbocycles. The number of hydrogen-bond acceptors (Lipinski definition) is 2. The highest BCUT2D eigenvalue weighted by Crippen LogP contribution is 2.46. The van der Waals surface area contributed by atoms with Gasteiger partial charge in [-0.3, -0.25) is 0 Å². The Morgan fingerprint density at radius 2 is 0.568 bits per heavy atom. The van der Waals surface area contributed by atoms with E-state index in [1.807, 2.05) is 0 Å². The van der Waals surface area contributed by atoms with Gasteiger partial charge in [0.05, 0.1) is 22.4 Å². The largest absolute Gasteiger partial charge is 0.310 e. The summed E-state index contributed by atoms with van der Waals surface area (Å²) in [6.07, 6.45) is 0. The van der Waals surface area contributed by atoms with Gasteiger partial charge in [0.15, 0.2) is 5.82 Å². The van der Waals surface area contributed by atoms with E-state index in [9.17, 15) is 0 Å². The first-order valence-corrected chi connectivity index (χ1v) is 35.0. The molecule has 14 rings (SSSR count). The maximum absolute atomic E-state index is 5.92. The van der Waals surface area contributed by atoms with Crippen molar-refractivity contribution in [3.05, 3.63) is 208 Å². The zero-order chi connectivity index (χ0) is 68.1. The molecule has 0 amide bonds. The molecule has 3 aromatic heterocycles. The highest BCUT2D eigenvalue weighted by Gasteiger charge is 2.43. The topological polar surface area (TPSA) is 35.6 Å². The third kappa shape index (κ3) is 11.0. The minimum Gasteiger partial charge on any atom is -0.310 e. The van der Waals surface area contributed by atoms with Crippen LogP contribution >= 0.6 is 0 Å². The van der Waals surface area contributed by atoms with Gasteiger partial charge >= 0.3 is 0 Å². The Labute approximate surface area is 567 Å². The minimum absolute atomic E-state index is 0.0239. The zero-order valence-corrected chi connectivity index (χ0v) is 61.5. The molecule has 9 aromatic carbocycles. The van der Waals surface area contributed by atoms with Crippen molar-refractivity contribution in [1.82, 2.24) is 19.1 Å². The van der Waals surface area contributed by atoms with E-state index in [0.717, 1.165) is 39.5 Å². The van der Waals surface area contributed by atoms with Gasteiger partial charge < -0.3 is 9.13 Å². The van der Waals surface area contributed by atoms with E-state index >= 15 is 0 Å². The molecule has 5 heteroatoms. The lowest BCUT2D eigenvalue weighted by molar-refractivity contribution is 0.568. The van der Waals surface area contributed by atoms with E-state index in [0.29, 0.717) is 5.82 Å². The van der Waals surface area contributed by atoms with E-state index in [-0.39, 0.29) is 50.0 Å². The lowest BCUT2D eigenvalue weighted by Gasteiger charge is -2.34. The van der Waals surface area contributed by atoms with Crippen LogP contribution in [0.25, 0.3) is 111 Å². The maximum Gasteiger partial charge on any atom is 0.252 e. The second-order valence-electron chi connectivity index (χ2n) is 36.6. The molecule has 5 heterocycles. The Kier molecular flexibility index (Phi) is 14.2. The number of benzene rings is 9. The molecule has 0 N–H and O–H groups in total. The van der Waals surface area contributed by atoms with Crippen molar-refractivity contribution in [2.75, 3.05) is 0 Å². The molecule has 95 heavy (non-hydrogen) atoms. The van der Waals surface area contributed by atoms with Crippen LogP contribution in [0.3, 0.4) is 0 Å². The minimum atomic E-state index is -0.144. The molecule has 0 fully saturated rings. The standard InChI is InChI=1S/C90H99BN4/c1-83(2,3)59-29-25-52(26-30-59)54-41-69-67-49-61(85(7,8)9)33-35-75(67)94-77-45-58(82-92-73(56-37-63(87(13,14)15)47-64(38-56)88(16,17)18)51-74(93-82)57-39-65(89(19,20)21)48-66(40-57)90(22,23)24)46-78-79(77)91(71(43-54)80(69)94)72-44-55(53-27-31-60(32-28-53)84(4,5)6)42-70-68-50-62(86(10,11)12)34-36-76(68)95(78)81(70)72/h25-51H,1-24H3. The summed E-state index contributed by atoms with van der Waals surface area (Å²) < 4.78 is 5.29. The fourth-order valence-corrected chi connectivity index (χ4v) is 14.9. The number of nitrogens with zero attached hydrogens (tertiary/aromatic N) is 4. The van der Waals surface area contributed by atoms with Crippen LogP contribution in [0.2, 0.25) is 0 Å². The third-order valence-electron chi connectivity index (χ3n) is 21.1. The first-order valence-electron chi connectivity index (χ1n) is 35.0. The van der Waals surface area contributed by atoms with Crippen LogP contribution in [0.4, 0.5) is 0 Å². The third-order valence-corrected chi connectivity index (χ3v) is 21.1. The van der Waals surface area contributed by atoms with Crippen molar-refractivity contribution >= 4 is 66.7 Å². The van der Waals surface area contributed by atoms with Crippen molar-refractivity contribution < 1.29 is 0 Å². The Morgan fingerprint density at radius 1 is 0.253 bits per heavy atom. The lowest BCUT2D eigenvalue weighted by atomic mass is 9.34. The van der Waals surface area contributed by atoms with E-state index < -0.39 is 0 Å². The Bertz CT molecular complexity index is 4770. The molecule has 0 saturated heterocycles. The number of fused-ring (bicyclic) bond motifs is 10. The summed E-state index contributed by atoms with van der Waals surface area (Å²) in [7, 11) is 0. The summed E-state index contributed by atoms with van der Waals surface area (Å²) in [5, 5.41) is 5.06. The van der Waals surface area contributed by atoms with Gasteiger partial charge in [-0.25, -0.2) is 9.97 Å². The summed E-state index contributed by atoms with van der Waals surface area (Å²) >= 11 is 0. The SMILES string of the molecule is CC(C)(C)c1ccc(-c2cc3c4c(c2)c2cc(C(C)(C)C)ccc2n4-c2cc(-c4nc(-c5cc(C(C)(C)C)cc(C(C)(C)C)c5)cc(-c5cc(C(C)(C)C)cc(C(C)(C)C)c5)n4)cc4c2B3c2cc(-c3ccc(C(C)(C)C)cc3)cc3c5cc(C(C)(C)C)ccc5n-4c23)cc1. The van der Waals surface area contributed by atoms with E-state index in [1.54, 1.807) is 0 Å². The lowest BCUT2D eigenvalue weighted by Crippen LogP contribution is -2.59. The number of hydrogen-bond donors (Lipinski definition) is 0. The van der Waals surface area contributed by atoms with Crippen molar-refractivity contribution in [3.63, 3.8) is 0 Å². The average Bonchev–Trinajstić information content (AvgIpc) is 1.56. The molecule has 12 aromatic rings. The number of rotatable bonds is 5. The Hall–Kier alpha value is -8.28. The van der Waals surface area contributed by atoms with Crippen LogP contribution in [0.15, 0.2) is 164 Å². The normalized spacial score (nSPS) is 13.9. The van der Waals surface area contributed by atoms with Crippen LogP contribution in [-0.2, 0) is 43.3 Å². The zero-order valence-electron chi connectivity index (χ0n) is 61.5. The first kappa shape index (κ1) is 64.1. The Morgan fingerprint density at radius 3 is 0.884 bits per heavy atom. The molecule has 0 spiro atoms. The summed E-state index contributed by atoms with van der Waals surface area (Å²) in [6.45, 7) is 55.8. The molecule has 0 saturated carbocycles. The predicted molar refractivity (Wildman–Crippen MR) is 412 cm³/mol. The van der Waals surface area contributed by atoms with E-state index in [4.69, 9.17) is 9.97 Å². The second kappa shape index (κ2) is 21.1. The van der Waals surface area contributed by atoms with Crippen LogP contribution < -0.4 is 16.4 Å². The second-order valence-corrected chi connectivity index (χ2v) is 36.6. The molecule has 2 aliphatic heterocycles. The maximum atomic E-state index is 5.92.